The number of aliphatic hydroxyl groups excluding tert-OH is 2. The molecule has 2 saturated heterocycles. The Morgan fingerprint density at radius 1 is 0.944 bits per heavy atom. The summed E-state index contributed by atoms with van der Waals surface area (Å²) in [5.74, 6) is 0. The molecule has 0 aromatic carbocycles. The van der Waals surface area contributed by atoms with Crippen LogP contribution in [-0.2, 0) is 23.8 Å². The summed E-state index contributed by atoms with van der Waals surface area (Å²) in [7, 11) is -3.58. The van der Waals surface area contributed by atoms with Crippen LogP contribution in [0.3, 0.4) is 0 Å². The number of carbonyl (C=O) groups excluding carboxylic acids is 2. The van der Waals surface area contributed by atoms with Gasteiger partial charge in [-0.05, 0) is 48.0 Å². The third-order valence-electron chi connectivity index (χ3n) is 4.98. The maximum Gasteiger partial charge on any atom is 0.410 e. The maximum atomic E-state index is 11.9. The minimum absolute atomic E-state index is 0.0905. The Bertz CT molecular complexity index is 910. The van der Waals surface area contributed by atoms with Crippen molar-refractivity contribution in [2.24, 2.45) is 5.11 Å². The molecule has 0 unspecified atom stereocenters. The number of hydrogen-bond donors (Lipinski definition) is 3. The fraction of sp³-hybridized carbons (Fsp3) is 0.905. The zero-order valence-electron chi connectivity index (χ0n) is 22.0. The van der Waals surface area contributed by atoms with Crippen LogP contribution in [0.2, 0.25) is 0 Å². The van der Waals surface area contributed by atoms with E-state index in [1.807, 2.05) is 0 Å². The molecule has 0 saturated carbocycles. The summed E-state index contributed by atoms with van der Waals surface area (Å²) < 4.78 is 37.4. The number of hydrogen-bond acceptors (Lipinski definition) is 11. The van der Waals surface area contributed by atoms with E-state index < -0.39 is 45.7 Å². The van der Waals surface area contributed by atoms with E-state index in [9.17, 15) is 28.2 Å². The average Bonchev–Trinajstić information content (AvgIpc) is 3.28. The van der Waals surface area contributed by atoms with Gasteiger partial charge >= 0.3 is 12.2 Å². The van der Waals surface area contributed by atoms with Gasteiger partial charge in [-0.1, -0.05) is 0 Å². The molecule has 4 atom stereocenters. The molecule has 15 heteroatoms. The summed E-state index contributed by atoms with van der Waals surface area (Å²) in [4.78, 5) is 29.5. The quantitative estimate of drug-likeness (QED) is 0.262. The summed E-state index contributed by atoms with van der Waals surface area (Å²) in [5.41, 5.74) is 5.46. The normalized spacial score (nSPS) is 24.5. The van der Waals surface area contributed by atoms with Gasteiger partial charge in [0.1, 0.15) is 21.8 Å². The largest absolute Gasteiger partial charge is 0.444 e. The van der Waals surface area contributed by atoms with Crippen LogP contribution in [-0.4, -0.2) is 109 Å². The Kier molecular flexibility index (Phi) is 11.2. The molecule has 2 aliphatic heterocycles. The van der Waals surface area contributed by atoms with Crippen LogP contribution in [0.5, 0.6) is 0 Å². The predicted molar refractivity (Wildman–Crippen MR) is 128 cm³/mol. The standard InChI is InChI=1S/C11H21NO6S.C10H19N4O3/c1-11(2,3)17-10(14)12-6-9(5-8(12)7-13)18-19(4,15)16;1-10(2,3)17-9(16)14-5-7(12-13-11)4-8(14)6-15/h8-9,13H,5-7H2,1-4H3;7-8,11,15H,4-6H2,1-3H3/q;+1/t8-,9+;7-,8-/m00/s1. The number of likely N-dealkylation sites (tertiary alicyclic amines) is 2. The maximum absolute atomic E-state index is 11.9. The molecule has 14 nitrogen and oxygen atoms in total. The lowest BCUT2D eigenvalue weighted by atomic mass is 10.2. The number of carbonyl (C=O) groups is 2. The molecule has 0 radical (unpaired) electrons. The van der Waals surface area contributed by atoms with Crippen molar-refractivity contribution in [1.82, 2.24) is 14.7 Å². The molecule has 0 aliphatic carbocycles. The summed E-state index contributed by atoms with van der Waals surface area (Å²) in [6.07, 6.45) is 0.0583. The number of nitrogens with zero attached hydrogens (tertiary/aromatic N) is 4. The average molecular weight is 539 g/mol. The van der Waals surface area contributed by atoms with Crippen LogP contribution in [0.25, 0.3) is 0 Å². The van der Waals surface area contributed by atoms with Crippen LogP contribution in [0.1, 0.15) is 54.4 Å². The van der Waals surface area contributed by atoms with Gasteiger partial charge in [-0.2, -0.15) is 8.42 Å². The molecule has 2 amide bonds. The van der Waals surface area contributed by atoms with Crippen molar-refractivity contribution in [3.05, 3.63) is 0 Å². The van der Waals surface area contributed by atoms with Crippen molar-refractivity contribution < 1.29 is 41.9 Å². The molecular formula is C21H40N5O9S+. The summed E-state index contributed by atoms with van der Waals surface area (Å²) in [5, 5.41) is 22.1. The highest BCUT2D eigenvalue weighted by Crippen LogP contribution is 2.24. The van der Waals surface area contributed by atoms with Gasteiger partial charge in [0.2, 0.25) is 4.91 Å². The molecule has 2 heterocycles. The van der Waals surface area contributed by atoms with Crippen LogP contribution in [0.15, 0.2) is 5.11 Å². The lowest BCUT2D eigenvalue weighted by Crippen LogP contribution is -2.41. The van der Waals surface area contributed by atoms with E-state index in [-0.39, 0.29) is 38.3 Å². The van der Waals surface area contributed by atoms with Crippen molar-refractivity contribution in [3.63, 3.8) is 0 Å². The van der Waals surface area contributed by atoms with Gasteiger partial charge < -0.3 is 29.5 Å². The number of nitrogens with one attached hydrogen (secondary N) is 1. The molecule has 2 fully saturated rings. The van der Waals surface area contributed by atoms with Crippen molar-refractivity contribution in [2.45, 2.75) is 89.8 Å². The highest BCUT2D eigenvalue weighted by atomic mass is 32.2. The fourth-order valence-electron chi connectivity index (χ4n) is 3.68. The third-order valence-corrected chi connectivity index (χ3v) is 5.60. The van der Waals surface area contributed by atoms with E-state index in [0.29, 0.717) is 13.0 Å². The lowest BCUT2D eigenvalue weighted by molar-refractivity contribution is 0.0161. The van der Waals surface area contributed by atoms with Gasteiger partial charge in [0.25, 0.3) is 10.1 Å². The topological polar surface area (TPSA) is 193 Å². The monoisotopic (exact) mass is 538 g/mol. The Morgan fingerprint density at radius 2 is 1.39 bits per heavy atom. The van der Waals surface area contributed by atoms with Crippen molar-refractivity contribution in [3.8, 4) is 0 Å². The Hall–Kier alpha value is -2.32. The second-order valence-electron chi connectivity index (χ2n) is 10.7. The highest BCUT2D eigenvalue weighted by Gasteiger charge is 2.40. The lowest BCUT2D eigenvalue weighted by Gasteiger charge is -2.27. The summed E-state index contributed by atoms with van der Waals surface area (Å²) >= 11 is 0. The first-order valence-corrected chi connectivity index (χ1v) is 13.4. The van der Waals surface area contributed by atoms with E-state index in [1.165, 1.54) is 9.80 Å². The molecule has 0 spiro atoms. The minimum atomic E-state index is -3.58. The van der Waals surface area contributed by atoms with Crippen LogP contribution in [0, 0.1) is 5.53 Å². The number of rotatable bonds is 5. The number of amides is 2. The number of ether oxygens (including phenoxy) is 2. The second-order valence-corrected chi connectivity index (χ2v) is 12.3. The van der Waals surface area contributed by atoms with E-state index in [4.69, 9.17) is 19.2 Å². The molecular weight excluding hydrogens is 498 g/mol. The van der Waals surface area contributed by atoms with Crippen LogP contribution in [0.4, 0.5) is 9.59 Å². The zero-order chi connectivity index (χ0) is 27.9. The van der Waals surface area contributed by atoms with Gasteiger partial charge in [0.05, 0.1) is 50.7 Å². The first-order valence-electron chi connectivity index (χ1n) is 11.5. The first-order chi connectivity index (χ1) is 16.4. The zero-order valence-corrected chi connectivity index (χ0v) is 22.8. The van der Waals surface area contributed by atoms with Crippen molar-refractivity contribution in [2.75, 3.05) is 32.6 Å². The van der Waals surface area contributed by atoms with Gasteiger partial charge in [-0.15, -0.1) is 0 Å². The molecule has 3 N–H and O–H groups in total. The molecule has 2 aliphatic rings. The molecule has 36 heavy (non-hydrogen) atoms. The molecule has 0 aromatic rings. The second kappa shape index (κ2) is 12.8. The van der Waals surface area contributed by atoms with Crippen LogP contribution >= 0.6 is 0 Å². The SMILES string of the molecule is CC(C)(C)OC(=O)N1C[C@@H](N=[N+]=N)C[C@H]1CO.CC(C)(C)OC(=O)N1C[C@H](OS(C)(=O)=O)C[C@H]1CO. The summed E-state index contributed by atoms with van der Waals surface area (Å²) in [6.45, 7) is 10.6. The molecule has 0 bridgehead atoms. The van der Waals surface area contributed by atoms with Gasteiger partial charge in [0, 0.05) is 6.42 Å². The van der Waals surface area contributed by atoms with Gasteiger partial charge in [0.15, 0.2) is 6.04 Å². The van der Waals surface area contributed by atoms with Gasteiger partial charge in [-0.25, -0.2) is 9.59 Å². The first kappa shape index (κ1) is 31.7. The smallest absolute Gasteiger partial charge is 0.410 e. The summed E-state index contributed by atoms with van der Waals surface area (Å²) in [6, 6.07) is -1.01. The third kappa shape index (κ3) is 11.2. The minimum Gasteiger partial charge on any atom is -0.444 e. The van der Waals surface area contributed by atoms with E-state index in [2.05, 4.69) is 10.0 Å². The van der Waals surface area contributed by atoms with Crippen LogP contribution < -0.4 is 4.91 Å². The molecule has 2 rings (SSSR count). The van der Waals surface area contributed by atoms with E-state index in [0.717, 1.165) is 6.26 Å². The predicted octanol–water partition coefficient (Wildman–Crippen LogP) is 1.24. The fourth-order valence-corrected chi connectivity index (χ4v) is 4.32. The molecule has 0 aromatic heterocycles. The Balaban J connectivity index is 0.000000362. The van der Waals surface area contributed by atoms with E-state index >= 15 is 0 Å². The van der Waals surface area contributed by atoms with Crippen molar-refractivity contribution in [1.29, 1.82) is 5.53 Å². The van der Waals surface area contributed by atoms with E-state index in [1.54, 1.807) is 41.5 Å². The van der Waals surface area contributed by atoms with Crippen molar-refractivity contribution >= 4 is 22.3 Å². The Morgan fingerprint density at radius 3 is 1.78 bits per heavy atom. The molecule has 208 valence electrons. The van der Waals surface area contributed by atoms with Gasteiger partial charge in [-0.3, -0.25) is 4.18 Å². The number of aliphatic hydroxyl groups is 2. The highest BCUT2D eigenvalue weighted by molar-refractivity contribution is 7.86. The Labute approximate surface area is 212 Å².